The largest absolute Gasteiger partial charge is 0.418 e. The lowest BCUT2D eigenvalue weighted by molar-refractivity contribution is -0.136. The number of rotatable bonds is 5. The van der Waals surface area contributed by atoms with Gasteiger partial charge in [-0.3, -0.25) is 0 Å². The molecule has 0 heterocycles. The highest BCUT2D eigenvalue weighted by Gasteiger charge is 2.34. The van der Waals surface area contributed by atoms with Gasteiger partial charge in [-0.25, -0.2) is 4.79 Å². The van der Waals surface area contributed by atoms with Crippen molar-refractivity contribution in [2.45, 2.75) is 32.4 Å². The maximum Gasteiger partial charge on any atom is 0.418 e. The van der Waals surface area contributed by atoms with Gasteiger partial charge < -0.3 is 10.6 Å². The summed E-state index contributed by atoms with van der Waals surface area (Å²) in [6.45, 7) is 2.44. The van der Waals surface area contributed by atoms with Gasteiger partial charge in [0.1, 0.15) is 0 Å². The number of halogens is 4. The molecule has 3 nitrogen and oxygen atoms in total. The van der Waals surface area contributed by atoms with E-state index in [0.717, 1.165) is 31.4 Å². The lowest BCUT2D eigenvalue weighted by Crippen LogP contribution is -2.30. The zero-order valence-corrected chi connectivity index (χ0v) is 11.7. The van der Waals surface area contributed by atoms with Crippen LogP contribution in [0.4, 0.5) is 23.7 Å². The number of benzene rings is 1. The Balaban J connectivity index is 2.70. The zero-order valence-electron chi connectivity index (χ0n) is 11.0. The summed E-state index contributed by atoms with van der Waals surface area (Å²) in [4.78, 5) is 11.5. The van der Waals surface area contributed by atoms with Crippen molar-refractivity contribution in [2.75, 3.05) is 11.9 Å². The third kappa shape index (κ3) is 5.28. The van der Waals surface area contributed by atoms with Gasteiger partial charge >= 0.3 is 12.2 Å². The van der Waals surface area contributed by atoms with E-state index in [4.69, 9.17) is 11.6 Å². The minimum Gasteiger partial charge on any atom is -0.338 e. The molecule has 0 saturated carbocycles. The molecule has 0 unspecified atom stereocenters. The van der Waals surface area contributed by atoms with Gasteiger partial charge in [-0.1, -0.05) is 31.4 Å². The average molecular weight is 309 g/mol. The van der Waals surface area contributed by atoms with Gasteiger partial charge in [0.05, 0.1) is 11.3 Å². The molecule has 0 aliphatic rings. The van der Waals surface area contributed by atoms with Gasteiger partial charge in [0.15, 0.2) is 0 Å². The standard InChI is InChI=1S/C13H16ClF3N2O/c1-2-3-4-7-18-12(20)19-11-6-5-9(14)8-10(11)13(15,16)17/h5-6,8H,2-4,7H2,1H3,(H2,18,19,20). The second kappa shape index (κ2) is 7.38. The molecule has 112 valence electrons. The lowest BCUT2D eigenvalue weighted by atomic mass is 10.1. The van der Waals surface area contributed by atoms with Crippen LogP contribution in [0.3, 0.4) is 0 Å². The molecule has 1 aromatic carbocycles. The average Bonchev–Trinajstić information content (AvgIpc) is 2.35. The van der Waals surface area contributed by atoms with E-state index in [9.17, 15) is 18.0 Å². The molecule has 7 heteroatoms. The third-order valence-electron chi connectivity index (χ3n) is 2.60. The van der Waals surface area contributed by atoms with Gasteiger partial charge in [-0.2, -0.15) is 13.2 Å². The maximum absolute atomic E-state index is 12.8. The smallest absolute Gasteiger partial charge is 0.338 e. The van der Waals surface area contributed by atoms with E-state index < -0.39 is 17.8 Å². The van der Waals surface area contributed by atoms with E-state index in [1.54, 1.807) is 0 Å². The van der Waals surface area contributed by atoms with Crippen LogP contribution >= 0.6 is 11.6 Å². The number of hydrogen-bond donors (Lipinski definition) is 2. The van der Waals surface area contributed by atoms with Gasteiger partial charge in [-0.15, -0.1) is 0 Å². The third-order valence-corrected chi connectivity index (χ3v) is 2.84. The van der Waals surface area contributed by atoms with E-state index in [1.807, 2.05) is 6.92 Å². The van der Waals surface area contributed by atoms with Crippen molar-refractivity contribution in [1.29, 1.82) is 0 Å². The van der Waals surface area contributed by atoms with Crippen LogP contribution in [-0.4, -0.2) is 12.6 Å². The van der Waals surface area contributed by atoms with Crippen molar-refractivity contribution in [1.82, 2.24) is 5.32 Å². The fourth-order valence-corrected chi connectivity index (χ4v) is 1.78. The van der Waals surface area contributed by atoms with E-state index in [0.29, 0.717) is 6.54 Å². The fourth-order valence-electron chi connectivity index (χ4n) is 1.60. The molecule has 2 amide bonds. The number of urea groups is 1. The fraction of sp³-hybridized carbons (Fsp3) is 0.462. The molecule has 0 bridgehead atoms. The molecule has 20 heavy (non-hydrogen) atoms. The molecule has 1 rings (SSSR count). The Labute approximate surface area is 120 Å². The van der Waals surface area contributed by atoms with Gasteiger partial charge in [-0.05, 0) is 24.6 Å². The normalized spacial score (nSPS) is 11.2. The Morgan fingerprint density at radius 3 is 2.60 bits per heavy atom. The van der Waals surface area contributed by atoms with Crippen molar-refractivity contribution < 1.29 is 18.0 Å². The van der Waals surface area contributed by atoms with E-state index in [1.165, 1.54) is 6.07 Å². The molecule has 0 spiro atoms. The predicted octanol–water partition coefficient (Wildman–Crippen LogP) is 4.67. The van der Waals surface area contributed by atoms with Gasteiger partial charge in [0.2, 0.25) is 0 Å². The van der Waals surface area contributed by atoms with Crippen LogP contribution in [0.1, 0.15) is 31.7 Å². The first-order valence-corrected chi connectivity index (χ1v) is 6.64. The van der Waals surface area contributed by atoms with Crippen LogP contribution in [0.5, 0.6) is 0 Å². The molecule has 0 aliphatic heterocycles. The predicted molar refractivity (Wildman–Crippen MR) is 73.0 cm³/mol. The minimum atomic E-state index is -4.57. The number of hydrogen-bond acceptors (Lipinski definition) is 1. The van der Waals surface area contributed by atoms with Crippen LogP contribution < -0.4 is 10.6 Å². The molecule has 0 aromatic heterocycles. The monoisotopic (exact) mass is 308 g/mol. The Morgan fingerprint density at radius 1 is 1.30 bits per heavy atom. The summed E-state index contributed by atoms with van der Waals surface area (Å²) >= 11 is 5.55. The highest BCUT2D eigenvalue weighted by atomic mass is 35.5. The molecule has 1 aromatic rings. The van der Waals surface area contributed by atoms with Crippen molar-refractivity contribution >= 4 is 23.3 Å². The first-order chi connectivity index (χ1) is 9.34. The molecule has 0 radical (unpaired) electrons. The van der Waals surface area contributed by atoms with Gasteiger partial charge in [0, 0.05) is 11.6 Å². The summed E-state index contributed by atoms with van der Waals surface area (Å²) in [6.07, 6.45) is -1.83. The Bertz CT molecular complexity index is 463. The van der Waals surface area contributed by atoms with E-state index in [-0.39, 0.29) is 10.7 Å². The molecular weight excluding hydrogens is 293 g/mol. The van der Waals surface area contributed by atoms with Crippen molar-refractivity contribution in [2.24, 2.45) is 0 Å². The Hall–Kier alpha value is -1.43. The molecular formula is C13H16ClF3N2O. The van der Waals surface area contributed by atoms with Crippen LogP contribution in [-0.2, 0) is 6.18 Å². The van der Waals surface area contributed by atoms with E-state index >= 15 is 0 Å². The molecule has 0 saturated heterocycles. The summed E-state index contributed by atoms with van der Waals surface area (Å²) in [7, 11) is 0. The highest BCUT2D eigenvalue weighted by Crippen LogP contribution is 2.36. The quantitative estimate of drug-likeness (QED) is 0.762. The molecule has 0 atom stereocenters. The number of carbonyl (C=O) groups excluding carboxylic acids is 1. The first kappa shape index (κ1) is 16.6. The first-order valence-electron chi connectivity index (χ1n) is 6.26. The summed E-state index contributed by atoms with van der Waals surface area (Å²) in [5.74, 6) is 0. The molecule has 2 N–H and O–H groups in total. The van der Waals surface area contributed by atoms with Crippen LogP contribution in [0, 0.1) is 0 Å². The zero-order chi connectivity index (χ0) is 15.2. The number of nitrogens with one attached hydrogen (secondary N) is 2. The maximum atomic E-state index is 12.8. The Morgan fingerprint density at radius 2 is 2.00 bits per heavy atom. The highest BCUT2D eigenvalue weighted by molar-refractivity contribution is 6.30. The Kier molecular flexibility index (Phi) is 6.13. The number of amides is 2. The summed E-state index contributed by atoms with van der Waals surface area (Å²) in [6, 6.07) is 2.56. The van der Waals surface area contributed by atoms with Crippen molar-refractivity contribution in [3.8, 4) is 0 Å². The van der Waals surface area contributed by atoms with E-state index in [2.05, 4.69) is 10.6 Å². The number of alkyl halides is 3. The lowest BCUT2D eigenvalue weighted by Gasteiger charge is -2.14. The summed E-state index contributed by atoms with van der Waals surface area (Å²) in [5.41, 5.74) is -1.27. The molecule has 0 fully saturated rings. The second-order valence-corrected chi connectivity index (χ2v) is 4.71. The van der Waals surface area contributed by atoms with Crippen LogP contribution in [0.25, 0.3) is 0 Å². The second-order valence-electron chi connectivity index (χ2n) is 4.28. The summed E-state index contributed by atoms with van der Waals surface area (Å²) < 4.78 is 38.4. The van der Waals surface area contributed by atoms with Crippen molar-refractivity contribution in [3.05, 3.63) is 28.8 Å². The topological polar surface area (TPSA) is 41.1 Å². The van der Waals surface area contributed by atoms with Gasteiger partial charge in [0.25, 0.3) is 0 Å². The number of anilines is 1. The summed E-state index contributed by atoms with van der Waals surface area (Å²) in [5, 5.41) is 4.67. The minimum absolute atomic E-state index is 0.0359. The molecule has 0 aliphatic carbocycles. The van der Waals surface area contributed by atoms with Crippen LogP contribution in [0.15, 0.2) is 18.2 Å². The van der Waals surface area contributed by atoms with Crippen molar-refractivity contribution in [3.63, 3.8) is 0 Å². The number of carbonyl (C=O) groups is 1. The van der Waals surface area contributed by atoms with Crippen LogP contribution in [0.2, 0.25) is 5.02 Å². The number of unbranched alkanes of at least 4 members (excludes halogenated alkanes) is 2. The SMILES string of the molecule is CCCCCNC(=O)Nc1ccc(Cl)cc1C(F)(F)F.